The van der Waals surface area contributed by atoms with Gasteiger partial charge < -0.3 is 15.5 Å². The van der Waals surface area contributed by atoms with Gasteiger partial charge in [0.15, 0.2) is 0 Å². The fraction of sp³-hybridized carbons (Fsp3) is 0.857. The van der Waals surface area contributed by atoms with Crippen LogP contribution in [0.5, 0.6) is 0 Å². The van der Waals surface area contributed by atoms with Gasteiger partial charge in [0.05, 0.1) is 18.8 Å². The van der Waals surface area contributed by atoms with Crippen LogP contribution in [0.1, 0.15) is 251 Å². The average molecular weight is 744 g/mol. The lowest BCUT2D eigenvalue weighted by Crippen LogP contribution is -2.45. The first-order valence-electron chi connectivity index (χ1n) is 23.7. The molecule has 0 heterocycles. The maximum Gasteiger partial charge on any atom is 0.220 e. The number of carbonyl (C=O) groups is 1. The highest BCUT2D eigenvalue weighted by Crippen LogP contribution is 2.16. The van der Waals surface area contributed by atoms with Gasteiger partial charge >= 0.3 is 0 Å². The van der Waals surface area contributed by atoms with Crippen LogP contribution < -0.4 is 5.32 Å². The van der Waals surface area contributed by atoms with Crippen molar-refractivity contribution in [3.05, 3.63) is 36.5 Å². The third-order valence-corrected chi connectivity index (χ3v) is 10.9. The zero-order valence-electron chi connectivity index (χ0n) is 35.8. The van der Waals surface area contributed by atoms with Crippen molar-refractivity contribution >= 4 is 5.91 Å². The minimum absolute atomic E-state index is 0.0423. The molecule has 0 fully saturated rings. The number of hydrogen-bond donors (Lipinski definition) is 3. The van der Waals surface area contributed by atoms with Gasteiger partial charge in [-0.2, -0.15) is 0 Å². The number of unbranched alkanes of at least 4 members (excludes halogenated alkanes) is 30. The van der Waals surface area contributed by atoms with Gasteiger partial charge in [-0.05, 0) is 51.4 Å². The number of allylic oxidation sites excluding steroid dienone is 6. The Kier molecular flexibility index (Phi) is 43.8. The highest BCUT2D eigenvalue weighted by molar-refractivity contribution is 5.76. The molecule has 0 aliphatic heterocycles. The van der Waals surface area contributed by atoms with Crippen molar-refractivity contribution in [2.24, 2.45) is 0 Å². The fourth-order valence-electron chi connectivity index (χ4n) is 7.25. The van der Waals surface area contributed by atoms with E-state index in [4.69, 9.17) is 0 Å². The van der Waals surface area contributed by atoms with Crippen LogP contribution in [0.2, 0.25) is 0 Å². The summed E-state index contributed by atoms with van der Waals surface area (Å²) in [6.07, 6.45) is 59.4. The lowest BCUT2D eigenvalue weighted by atomic mass is 10.0. The van der Waals surface area contributed by atoms with Gasteiger partial charge in [0.25, 0.3) is 0 Å². The third kappa shape index (κ3) is 41.6. The predicted octanol–water partition coefficient (Wildman–Crippen LogP) is 15.0. The zero-order valence-corrected chi connectivity index (χ0v) is 35.8. The molecule has 4 nitrogen and oxygen atoms in total. The molecule has 0 aliphatic rings. The summed E-state index contributed by atoms with van der Waals surface area (Å²) in [5, 5.41) is 23.2. The molecule has 2 atom stereocenters. The Bertz CT molecular complexity index is 806. The molecule has 0 bridgehead atoms. The van der Waals surface area contributed by atoms with E-state index < -0.39 is 12.1 Å². The second-order valence-corrected chi connectivity index (χ2v) is 16.2. The van der Waals surface area contributed by atoms with E-state index in [-0.39, 0.29) is 12.5 Å². The van der Waals surface area contributed by atoms with Gasteiger partial charge in [-0.15, -0.1) is 0 Å². The maximum atomic E-state index is 12.4. The van der Waals surface area contributed by atoms with E-state index in [1.165, 1.54) is 173 Å². The largest absolute Gasteiger partial charge is 0.394 e. The minimum Gasteiger partial charge on any atom is -0.394 e. The van der Waals surface area contributed by atoms with Crippen molar-refractivity contribution in [3.63, 3.8) is 0 Å². The number of carbonyl (C=O) groups excluding carboxylic acids is 1. The molecule has 53 heavy (non-hydrogen) atoms. The Morgan fingerprint density at radius 2 is 0.774 bits per heavy atom. The molecule has 0 rings (SSSR count). The Morgan fingerprint density at radius 1 is 0.453 bits per heavy atom. The summed E-state index contributed by atoms with van der Waals surface area (Å²) < 4.78 is 0. The summed E-state index contributed by atoms with van der Waals surface area (Å²) >= 11 is 0. The second kappa shape index (κ2) is 45.0. The quantitative estimate of drug-likeness (QED) is 0.0430. The van der Waals surface area contributed by atoms with Crippen LogP contribution in [0, 0.1) is 0 Å². The Labute approximate surface area is 331 Å². The fourth-order valence-corrected chi connectivity index (χ4v) is 7.25. The van der Waals surface area contributed by atoms with E-state index in [2.05, 4.69) is 55.6 Å². The standard InChI is InChI=1S/C49H93NO3/c1-3-5-7-9-11-13-15-17-19-21-23-24-25-27-28-30-32-34-36-38-40-42-44-48(52)47(46-51)50-49(53)45-43-41-39-37-35-33-31-29-26-22-20-18-16-14-12-10-8-6-4-2/h12,14,18,20,26,29,47-48,51-52H,3-11,13,15-17,19,21-25,27-28,30-46H2,1-2H3,(H,50,53)/b14-12-,20-18-,29-26-. The summed E-state index contributed by atoms with van der Waals surface area (Å²) in [5.41, 5.74) is 0. The maximum absolute atomic E-state index is 12.4. The van der Waals surface area contributed by atoms with Crippen molar-refractivity contribution < 1.29 is 15.0 Å². The summed E-state index contributed by atoms with van der Waals surface area (Å²) in [4.78, 5) is 12.4. The van der Waals surface area contributed by atoms with Crippen LogP contribution in [0.4, 0.5) is 0 Å². The SMILES string of the molecule is CCCCC/C=C\C/C=C\C/C=C\CCCCCCCCC(=O)NC(CO)C(O)CCCCCCCCCCCCCCCCCCCCCCCC. The van der Waals surface area contributed by atoms with E-state index >= 15 is 0 Å². The van der Waals surface area contributed by atoms with Gasteiger partial charge in [0.1, 0.15) is 0 Å². The number of aliphatic hydroxyl groups excluding tert-OH is 2. The summed E-state index contributed by atoms with van der Waals surface area (Å²) in [6, 6.07) is -0.543. The van der Waals surface area contributed by atoms with E-state index in [0.29, 0.717) is 12.8 Å². The summed E-state index contributed by atoms with van der Waals surface area (Å²) in [5.74, 6) is -0.0423. The molecule has 0 spiro atoms. The first kappa shape index (κ1) is 51.6. The van der Waals surface area contributed by atoms with Crippen LogP contribution >= 0.6 is 0 Å². The van der Waals surface area contributed by atoms with E-state index in [1.54, 1.807) is 0 Å². The lowest BCUT2D eigenvalue weighted by molar-refractivity contribution is -0.123. The van der Waals surface area contributed by atoms with Crippen molar-refractivity contribution in [1.29, 1.82) is 0 Å². The molecular weight excluding hydrogens is 651 g/mol. The normalized spacial score (nSPS) is 13.2. The monoisotopic (exact) mass is 744 g/mol. The molecule has 4 heteroatoms. The average Bonchev–Trinajstić information content (AvgIpc) is 3.16. The summed E-state index contributed by atoms with van der Waals surface area (Å²) in [6.45, 7) is 4.34. The van der Waals surface area contributed by atoms with Crippen LogP contribution in [-0.4, -0.2) is 34.9 Å². The van der Waals surface area contributed by atoms with Gasteiger partial charge in [-0.1, -0.05) is 230 Å². The van der Waals surface area contributed by atoms with E-state index in [1.807, 2.05) is 0 Å². The van der Waals surface area contributed by atoms with Crippen molar-refractivity contribution in [2.45, 2.75) is 264 Å². The van der Waals surface area contributed by atoms with Crippen molar-refractivity contribution in [3.8, 4) is 0 Å². The zero-order chi connectivity index (χ0) is 38.6. The van der Waals surface area contributed by atoms with Gasteiger partial charge in [-0.3, -0.25) is 4.79 Å². The molecule has 0 aromatic rings. The Hall–Kier alpha value is -1.39. The number of amides is 1. The van der Waals surface area contributed by atoms with Crippen molar-refractivity contribution in [2.75, 3.05) is 6.61 Å². The lowest BCUT2D eigenvalue weighted by Gasteiger charge is -2.22. The summed E-state index contributed by atoms with van der Waals surface area (Å²) in [7, 11) is 0. The topological polar surface area (TPSA) is 69.6 Å². The Balaban J connectivity index is 3.52. The molecule has 3 N–H and O–H groups in total. The van der Waals surface area contributed by atoms with Crippen LogP contribution in [0.15, 0.2) is 36.5 Å². The molecule has 0 saturated carbocycles. The van der Waals surface area contributed by atoms with Crippen LogP contribution in [0.25, 0.3) is 0 Å². The molecule has 0 radical (unpaired) electrons. The number of nitrogens with one attached hydrogen (secondary N) is 1. The molecule has 312 valence electrons. The van der Waals surface area contributed by atoms with Gasteiger partial charge in [-0.25, -0.2) is 0 Å². The second-order valence-electron chi connectivity index (χ2n) is 16.2. The third-order valence-electron chi connectivity index (χ3n) is 10.9. The van der Waals surface area contributed by atoms with E-state index in [0.717, 1.165) is 51.4 Å². The molecular formula is C49H93NO3. The minimum atomic E-state index is -0.665. The highest BCUT2D eigenvalue weighted by atomic mass is 16.3. The van der Waals surface area contributed by atoms with Crippen LogP contribution in [0.3, 0.4) is 0 Å². The number of aliphatic hydroxyl groups is 2. The molecule has 1 amide bonds. The van der Waals surface area contributed by atoms with E-state index in [9.17, 15) is 15.0 Å². The molecule has 0 aromatic carbocycles. The van der Waals surface area contributed by atoms with Crippen LogP contribution in [-0.2, 0) is 4.79 Å². The molecule has 0 saturated heterocycles. The molecule has 2 unspecified atom stereocenters. The van der Waals surface area contributed by atoms with Gasteiger partial charge in [0, 0.05) is 6.42 Å². The molecule has 0 aliphatic carbocycles. The Morgan fingerprint density at radius 3 is 1.19 bits per heavy atom. The van der Waals surface area contributed by atoms with Crippen molar-refractivity contribution in [1.82, 2.24) is 5.32 Å². The first-order chi connectivity index (χ1) is 26.2. The van der Waals surface area contributed by atoms with Gasteiger partial charge in [0.2, 0.25) is 5.91 Å². The number of hydrogen-bond acceptors (Lipinski definition) is 3. The molecule has 0 aromatic heterocycles. The highest BCUT2D eigenvalue weighted by Gasteiger charge is 2.20. The number of rotatable bonds is 43. The first-order valence-corrected chi connectivity index (χ1v) is 23.7. The smallest absolute Gasteiger partial charge is 0.220 e. The predicted molar refractivity (Wildman–Crippen MR) is 235 cm³/mol.